The van der Waals surface area contributed by atoms with Crippen molar-refractivity contribution in [3.8, 4) is 11.4 Å². The van der Waals surface area contributed by atoms with E-state index in [1.807, 2.05) is 11.0 Å². The van der Waals surface area contributed by atoms with Crippen LogP contribution in [0.2, 0.25) is 0 Å². The first-order chi connectivity index (χ1) is 15.0. The summed E-state index contributed by atoms with van der Waals surface area (Å²) in [6, 6.07) is 9.12. The molecule has 2 aliphatic heterocycles. The number of aromatic nitrogens is 2. The van der Waals surface area contributed by atoms with Crippen molar-refractivity contribution in [3.05, 3.63) is 47.8 Å². The van der Waals surface area contributed by atoms with Gasteiger partial charge >= 0.3 is 6.09 Å². The molecular weight excluding hydrogens is 388 g/mol. The van der Waals surface area contributed by atoms with Gasteiger partial charge in [-0.05, 0) is 60.3 Å². The molecule has 5 rings (SSSR count). The van der Waals surface area contributed by atoms with Crippen LogP contribution in [0.3, 0.4) is 0 Å². The molecule has 31 heavy (non-hydrogen) atoms. The van der Waals surface area contributed by atoms with Crippen LogP contribution in [-0.4, -0.2) is 58.6 Å². The SMILES string of the molecule is CC(C)COC(=O)N1CCC2(CC1)CN(C1CCc3cc(-c4ncccn4)ccc31)C2. The van der Waals surface area contributed by atoms with E-state index in [1.54, 1.807) is 12.4 Å². The van der Waals surface area contributed by atoms with E-state index in [0.29, 0.717) is 24.0 Å². The summed E-state index contributed by atoms with van der Waals surface area (Å²) in [5.41, 5.74) is 4.41. The van der Waals surface area contributed by atoms with E-state index in [0.717, 1.165) is 56.8 Å². The number of amides is 1. The molecule has 6 heteroatoms. The van der Waals surface area contributed by atoms with Gasteiger partial charge in [-0.25, -0.2) is 14.8 Å². The van der Waals surface area contributed by atoms with Crippen molar-refractivity contribution in [1.29, 1.82) is 0 Å². The van der Waals surface area contributed by atoms with Crippen LogP contribution >= 0.6 is 0 Å². The maximum Gasteiger partial charge on any atom is 0.409 e. The number of carbonyl (C=O) groups excluding carboxylic acids is 1. The van der Waals surface area contributed by atoms with E-state index in [4.69, 9.17) is 4.74 Å². The number of likely N-dealkylation sites (tertiary alicyclic amines) is 2. The lowest BCUT2D eigenvalue weighted by Crippen LogP contribution is -2.61. The molecule has 164 valence electrons. The molecular formula is C25H32N4O2. The second-order valence-electron chi connectivity index (χ2n) is 9.90. The first kappa shape index (κ1) is 20.4. The minimum absolute atomic E-state index is 0.136. The zero-order valence-electron chi connectivity index (χ0n) is 18.6. The van der Waals surface area contributed by atoms with Crippen molar-refractivity contribution in [2.45, 2.75) is 45.6 Å². The molecule has 0 saturated carbocycles. The molecule has 2 saturated heterocycles. The summed E-state index contributed by atoms with van der Waals surface area (Å²) in [5.74, 6) is 1.18. The van der Waals surface area contributed by atoms with E-state index in [1.165, 1.54) is 17.5 Å². The van der Waals surface area contributed by atoms with E-state index in [2.05, 4.69) is 46.9 Å². The Labute approximate surface area is 184 Å². The fourth-order valence-electron chi connectivity index (χ4n) is 5.41. The van der Waals surface area contributed by atoms with Gasteiger partial charge in [0.05, 0.1) is 6.61 Å². The average molecular weight is 421 g/mol. The Hall–Kier alpha value is -2.47. The highest BCUT2D eigenvalue weighted by Crippen LogP contribution is 2.48. The second kappa shape index (κ2) is 8.23. The minimum Gasteiger partial charge on any atom is -0.449 e. The monoisotopic (exact) mass is 420 g/mol. The van der Waals surface area contributed by atoms with Gasteiger partial charge in [0.1, 0.15) is 0 Å². The highest BCUT2D eigenvalue weighted by atomic mass is 16.6. The van der Waals surface area contributed by atoms with Gasteiger partial charge in [0, 0.05) is 50.2 Å². The highest BCUT2D eigenvalue weighted by Gasteiger charge is 2.48. The molecule has 1 aliphatic carbocycles. The number of hydrogen-bond acceptors (Lipinski definition) is 5. The Morgan fingerprint density at radius 1 is 1.19 bits per heavy atom. The predicted octanol–water partition coefficient (Wildman–Crippen LogP) is 4.32. The van der Waals surface area contributed by atoms with Crippen molar-refractivity contribution in [2.75, 3.05) is 32.8 Å². The molecule has 1 aromatic heterocycles. The standard InChI is InChI=1S/C25H32N4O2/c1-18(2)15-31-24(30)28-12-8-25(9-13-28)16-29(17-25)22-7-5-19-14-20(4-6-21(19)22)23-26-10-3-11-27-23/h3-4,6,10-11,14,18,22H,5,7-9,12-13,15-17H2,1-2H3. The first-order valence-electron chi connectivity index (χ1n) is 11.6. The number of hydrogen-bond donors (Lipinski definition) is 0. The first-order valence-corrected chi connectivity index (χ1v) is 11.6. The third-order valence-electron chi connectivity index (χ3n) is 7.15. The summed E-state index contributed by atoms with van der Waals surface area (Å²) in [4.78, 5) is 25.6. The molecule has 1 unspecified atom stereocenters. The third kappa shape index (κ3) is 4.05. The molecule has 2 fully saturated rings. The van der Waals surface area contributed by atoms with Gasteiger partial charge in [-0.15, -0.1) is 0 Å². The second-order valence-corrected chi connectivity index (χ2v) is 9.90. The lowest BCUT2D eigenvalue weighted by Gasteiger charge is -2.56. The van der Waals surface area contributed by atoms with Gasteiger partial charge in [0.15, 0.2) is 5.82 Å². The molecule has 1 atom stereocenters. The third-order valence-corrected chi connectivity index (χ3v) is 7.15. The highest BCUT2D eigenvalue weighted by molar-refractivity contribution is 5.67. The van der Waals surface area contributed by atoms with Gasteiger partial charge < -0.3 is 9.64 Å². The number of rotatable bonds is 4. The molecule has 3 heterocycles. The van der Waals surface area contributed by atoms with E-state index in [9.17, 15) is 4.79 Å². The molecule has 1 spiro atoms. The fraction of sp³-hybridized carbons (Fsp3) is 0.560. The average Bonchev–Trinajstić information content (AvgIpc) is 3.19. The number of fused-ring (bicyclic) bond motifs is 1. The maximum absolute atomic E-state index is 12.2. The van der Waals surface area contributed by atoms with Crippen molar-refractivity contribution in [2.24, 2.45) is 11.3 Å². The van der Waals surface area contributed by atoms with Gasteiger partial charge in [-0.2, -0.15) is 0 Å². The van der Waals surface area contributed by atoms with Gasteiger partial charge in [-0.3, -0.25) is 4.90 Å². The Morgan fingerprint density at radius 3 is 2.65 bits per heavy atom. The number of piperidine rings is 1. The maximum atomic E-state index is 12.2. The Morgan fingerprint density at radius 2 is 1.94 bits per heavy atom. The van der Waals surface area contributed by atoms with Crippen LogP contribution in [0, 0.1) is 11.3 Å². The topological polar surface area (TPSA) is 58.6 Å². The van der Waals surface area contributed by atoms with Crippen LogP contribution in [-0.2, 0) is 11.2 Å². The fourth-order valence-corrected chi connectivity index (χ4v) is 5.41. The molecule has 1 amide bonds. The molecule has 6 nitrogen and oxygen atoms in total. The summed E-state index contributed by atoms with van der Waals surface area (Å²) in [7, 11) is 0. The number of nitrogens with zero attached hydrogens (tertiary/aromatic N) is 4. The quantitative estimate of drug-likeness (QED) is 0.737. The van der Waals surface area contributed by atoms with E-state index >= 15 is 0 Å². The molecule has 2 aromatic rings. The zero-order valence-corrected chi connectivity index (χ0v) is 18.6. The summed E-state index contributed by atoms with van der Waals surface area (Å²) >= 11 is 0. The number of aryl methyl sites for hydroxylation is 1. The predicted molar refractivity (Wildman–Crippen MR) is 120 cm³/mol. The Kier molecular flexibility index (Phi) is 5.42. The molecule has 0 radical (unpaired) electrons. The lowest BCUT2D eigenvalue weighted by molar-refractivity contribution is -0.0681. The zero-order chi connectivity index (χ0) is 21.4. The Bertz CT molecular complexity index is 930. The smallest absolute Gasteiger partial charge is 0.409 e. The summed E-state index contributed by atoms with van der Waals surface area (Å²) in [5, 5.41) is 0. The van der Waals surface area contributed by atoms with Crippen molar-refractivity contribution in [3.63, 3.8) is 0 Å². The summed E-state index contributed by atoms with van der Waals surface area (Å²) < 4.78 is 5.41. The van der Waals surface area contributed by atoms with Gasteiger partial charge in [-0.1, -0.05) is 26.0 Å². The van der Waals surface area contributed by atoms with Crippen LogP contribution in [0.4, 0.5) is 4.79 Å². The summed E-state index contributed by atoms with van der Waals surface area (Å²) in [6.45, 7) is 8.59. The number of benzene rings is 1. The van der Waals surface area contributed by atoms with Crippen LogP contribution in [0.1, 0.15) is 50.3 Å². The van der Waals surface area contributed by atoms with Crippen LogP contribution in [0.15, 0.2) is 36.7 Å². The number of carbonyl (C=O) groups is 1. The lowest BCUT2D eigenvalue weighted by atomic mass is 9.71. The number of ether oxygens (including phenoxy) is 1. The van der Waals surface area contributed by atoms with Crippen LogP contribution in [0.5, 0.6) is 0 Å². The van der Waals surface area contributed by atoms with Gasteiger partial charge in [0.2, 0.25) is 0 Å². The van der Waals surface area contributed by atoms with E-state index in [-0.39, 0.29) is 6.09 Å². The molecule has 0 bridgehead atoms. The largest absolute Gasteiger partial charge is 0.449 e. The van der Waals surface area contributed by atoms with Gasteiger partial charge in [0.25, 0.3) is 0 Å². The molecule has 1 aromatic carbocycles. The summed E-state index contributed by atoms with van der Waals surface area (Å²) in [6.07, 6.45) is 7.95. The molecule has 0 N–H and O–H groups in total. The minimum atomic E-state index is -0.136. The van der Waals surface area contributed by atoms with Crippen LogP contribution in [0.25, 0.3) is 11.4 Å². The van der Waals surface area contributed by atoms with Crippen LogP contribution < -0.4 is 0 Å². The van der Waals surface area contributed by atoms with Crippen molar-refractivity contribution >= 4 is 6.09 Å². The normalized spacial score (nSPS) is 22.4. The van der Waals surface area contributed by atoms with E-state index < -0.39 is 0 Å². The van der Waals surface area contributed by atoms with Crippen molar-refractivity contribution in [1.82, 2.24) is 19.8 Å². The Balaban J connectivity index is 1.17. The molecule has 3 aliphatic rings. The van der Waals surface area contributed by atoms with Crippen molar-refractivity contribution < 1.29 is 9.53 Å².